The second-order valence-electron chi connectivity index (χ2n) is 7.11. The van der Waals surface area contributed by atoms with Crippen molar-refractivity contribution in [3.05, 3.63) is 29.8 Å². The third-order valence-electron chi connectivity index (χ3n) is 4.48. The Morgan fingerprint density at radius 3 is 2.68 bits per heavy atom. The van der Waals surface area contributed by atoms with E-state index in [9.17, 15) is 4.79 Å². The predicted octanol–water partition coefficient (Wildman–Crippen LogP) is 2.49. The number of likely N-dealkylation sites (tertiary alicyclic amines) is 1. The van der Waals surface area contributed by atoms with Gasteiger partial charge in [0.15, 0.2) is 0 Å². The van der Waals surface area contributed by atoms with Crippen molar-refractivity contribution in [1.82, 2.24) is 10.2 Å². The van der Waals surface area contributed by atoms with Gasteiger partial charge in [-0.1, -0.05) is 32.0 Å². The highest BCUT2D eigenvalue weighted by molar-refractivity contribution is 5.78. The second kappa shape index (κ2) is 10.4. The molecule has 5 heteroatoms. The largest absolute Gasteiger partial charge is 0.496 e. The first-order valence-electron chi connectivity index (χ1n) is 9.31. The molecule has 1 N–H and O–H groups in total. The fraction of sp³-hybridized carbons (Fsp3) is 0.650. The third kappa shape index (κ3) is 7.04. The molecular formula is C20H32N2O3. The number of amides is 1. The zero-order valence-electron chi connectivity index (χ0n) is 15.8. The summed E-state index contributed by atoms with van der Waals surface area (Å²) in [5.74, 6) is 1.55. The molecule has 140 valence electrons. The summed E-state index contributed by atoms with van der Waals surface area (Å²) in [4.78, 5) is 14.4. The van der Waals surface area contributed by atoms with E-state index in [1.165, 1.54) is 0 Å². The minimum absolute atomic E-state index is 0.0939. The maximum atomic E-state index is 12.1. The van der Waals surface area contributed by atoms with Crippen LogP contribution in [0.15, 0.2) is 24.3 Å². The van der Waals surface area contributed by atoms with Gasteiger partial charge in [-0.15, -0.1) is 0 Å². The van der Waals surface area contributed by atoms with Crippen LogP contribution in [-0.2, 0) is 16.0 Å². The first kappa shape index (κ1) is 19.7. The van der Waals surface area contributed by atoms with E-state index >= 15 is 0 Å². The number of nitrogens with zero attached hydrogens (tertiary/aromatic N) is 1. The fourth-order valence-electron chi connectivity index (χ4n) is 3.07. The molecule has 1 aromatic carbocycles. The average molecular weight is 348 g/mol. The molecule has 1 fully saturated rings. The molecular weight excluding hydrogens is 316 g/mol. The highest BCUT2D eigenvalue weighted by atomic mass is 16.5. The van der Waals surface area contributed by atoms with Gasteiger partial charge in [-0.2, -0.15) is 0 Å². The number of carbonyl (C=O) groups excluding carboxylic acids is 1. The molecule has 0 bridgehead atoms. The quantitative estimate of drug-likeness (QED) is 0.745. The standard InChI is InChI=1S/C20H32N2O3/c1-16(2)15-25-18-9-12-22(13-10-18)14-20(23)21-11-8-17-6-4-5-7-19(17)24-3/h4-7,16,18H,8-15H2,1-3H3,(H,21,23). The van der Waals surface area contributed by atoms with Crippen LogP contribution in [0.5, 0.6) is 5.75 Å². The normalized spacial score (nSPS) is 16.2. The molecule has 0 aliphatic carbocycles. The molecule has 0 atom stereocenters. The highest BCUT2D eigenvalue weighted by Gasteiger charge is 2.21. The van der Waals surface area contributed by atoms with Crippen molar-refractivity contribution in [3.8, 4) is 5.75 Å². The van der Waals surface area contributed by atoms with Crippen molar-refractivity contribution in [2.24, 2.45) is 5.92 Å². The van der Waals surface area contributed by atoms with E-state index < -0.39 is 0 Å². The minimum atomic E-state index is 0.0939. The number of ether oxygens (including phenoxy) is 2. The molecule has 1 aromatic rings. The van der Waals surface area contributed by atoms with Crippen LogP contribution in [0.25, 0.3) is 0 Å². The highest BCUT2D eigenvalue weighted by Crippen LogP contribution is 2.17. The lowest BCUT2D eigenvalue weighted by molar-refractivity contribution is -0.123. The van der Waals surface area contributed by atoms with Gasteiger partial charge in [0.05, 0.1) is 19.8 Å². The molecule has 5 nitrogen and oxygen atoms in total. The van der Waals surface area contributed by atoms with Gasteiger partial charge in [0, 0.05) is 26.2 Å². The van der Waals surface area contributed by atoms with Gasteiger partial charge in [0.1, 0.15) is 5.75 Å². The van der Waals surface area contributed by atoms with Gasteiger partial charge < -0.3 is 14.8 Å². The maximum absolute atomic E-state index is 12.1. The van der Waals surface area contributed by atoms with E-state index in [4.69, 9.17) is 9.47 Å². The van der Waals surface area contributed by atoms with Crippen LogP contribution in [0.4, 0.5) is 0 Å². The Balaban J connectivity index is 1.63. The lowest BCUT2D eigenvalue weighted by atomic mass is 10.1. The first-order chi connectivity index (χ1) is 12.1. The summed E-state index contributed by atoms with van der Waals surface area (Å²) in [5.41, 5.74) is 1.12. The van der Waals surface area contributed by atoms with Gasteiger partial charge in [0.25, 0.3) is 0 Å². The molecule has 1 amide bonds. The van der Waals surface area contributed by atoms with Crippen molar-refractivity contribution in [3.63, 3.8) is 0 Å². The number of hydrogen-bond donors (Lipinski definition) is 1. The molecule has 0 radical (unpaired) electrons. The number of nitrogens with one attached hydrogen (secondary N) is 1. The van der Waals surface area contributed by atoms with Gasteiger partial charge in [-0.05, 0) is 36.8 Å². The number of piperidine rings is 1. The Morgan fingerprint density at radius 1 is 1.28 bits per heavy atom. The van der Waals surface area contributed by atoms with Crippen LogP contribution >= 0.6 is 0 Å². The number of hydrogen-bond acceptors (Lipinski definition) is 4. The molecule has 0 saturated carbocycles. The van der Waals surface area contributed by atoms with Crippen LogP contribution in [0.2, 0.25) is 0 Å². The van der Waals surface area contributed by atoms with Crippen molar-refractivity contribution in [2.75, 3.05) is 39.9 Å². The number of methoxy groups -OCH3 is 1. The number of benzene rings is 1. The Hall–Kier alpha value is -1.59. The first-order valence-corrected chi connectivity index (χ1v) is 9.31. The zero-order valence-corrected chi connectivity index (χ0v) is 15.8. The summed E-state index contributed by atoms with van der Waals surface area (Å²) in [6.07, 6.45) is 3.16. The summed E-state index contributed by atoms with van der Waals surface area (Å²) < 4.78 is 11.2. The number of rotatable bonds is 9. The Bertz CT molecular complexity index is 525. The summed E-state index contributed by atoms with van der Waals surface area (Å²) in [5, 5.41) is 3.01. The molecule has 0 unspecified atom stereocenters. The molecule has 0 aromatic heterocycles. The Kier molecular flexibility index (Phi) is 8.22. The third-order valence-corrected chi connectivity index (χ3v) is 4.48. The van der Waals surface area contributed by atoms with Crippen molar-refractivity contribution < 1.29 is 14.3 Å². The van der Waals surface area contributed by atoms with E-state index in [1.54, 1.807) is 7.11 Å². The van der Waals surface area contributed by atoms with Crippen LogP contribution in [0.1, 0.15) is 32.3 Å². The summed E-state index contributed by atoms with van der Waals surface area (Å²) in [7, 11) is 1.67. The van der Waals surface area contributed by atoms with Crippen LogP contribution in [0.3, 0.4) is 0 Å². The lowest BCUT2D eigenvalue weighted by Gasteiger charge is -2.31. The smallest absolute Gasteiger partial charge is 0.234 e. The number of para-hydroxylation sites is 1. The molecule has 1 heterocycles. The van der Waals surface area contributed by atoms with Crippen LogP contribution < -0.4 is 10.1 Å². The molecule has 1 aliphatic heterocycles. The topological polar surface area (TPSA) is 50.8 Å². The van der Waals surface area contributed by atoms with Gasteiger partial charge in [-0.3, -0.25) is 9.69 Å². The molecule has 0 spiro atoms. The van der Waals surface area contributed by atoms with E-state index in [2.05, 4.69) is 24.1 Å². The second-order valence-corrected chi connectivity index (χ2v) is 7.11. The average Bonchev–Trinajstić information content (AvgIpc) is 2.61. The Labute approximate surface area is 151 Å². The SMILES string of the molecule is COc1ccccc1CCNC(=O)CN1CCC(OCC(C)C)CC1. The van der Waals surface area contributed by atoms with Crippen LogP contribution in [-0.4, -0.2) is 56.8 Å². The maximum Gasteiger partial charge on any atom is 0.234 e. The fourth-order valence-corrected chi connectivity index (χ4v) is 3.07. The van der Waals surface area contributed by atoms with Gasteiger partial charge >= 0.3 is 0 Å². The summed E-state index contributed by atoms with van der Waals surface area (Å²) in [6.45, 7) is 8.14. The summed E-state index contributed by atoms with van der Waals surface area (Å²) >= 11 is 0. The minimum Gasteiger partial charge on any atom is -0.496 e. The molecule has 1 aliphatic rings. The van der Waals surface area contributed by atoms with Crippen molar-refractivity contribution in [2.45, 2.75) is 39.2 Å². The van der Waals surface area contributed by atoms with E-state index in [-0.39, 0.29) is 5.91 Å². The summed E-state index contributed by atoms with van der Waals surface area (Å²) in [6, 6.07) is 7.93. The predicted molar refractivity (Wildman–Crippen MR) is 100.0 cm³/mol. The molecule has 2 rings (SSSR count). The van der Waals surface area contributed by atoms with Gasteiger partial charge in [0.2, 0.25) is 5.91 Å². The van der Waals surface area contributed by atoms with E-state index in [1.807, 2.05) is 24.3 Å². The molecule has 25 heavy (non-hydrogen) atoms. The van der Waals surface area contributed by atoms with Crippen molar-refractivity contribution in [1.29, 1.82) is 0 Å². The number of carbonyl (C=O) groups is 1. The zero-order chi connectivity index (χ0) is 18.1. The van der Waals surface area contributed by atoms with Gasteiger partial charge in [-0.25, -0.2) is 0 Å². The monoisotopic (exact) mass is 348 g/mol. The Morgan fingerprint density at radius 2 is 2.00 bits per heavy atom. The van der Waals surface area contributed by atoms with E-state index in [0.29, 0.717) is 25.1 Å². The molecule has 1 saturated heterocycles. The van der Waals surface area contributed by atoms with Crippen LogP contribution in [0, 0.1) is 5.92 Å². The van der Waals surface area contributed by atoms with E-state index in [0.717, 1.165) is 50.3 Å². The van der Waals surface area contributed by atoms with Crippen molar-refractivity contribution >= 4 is 5.91 Å². The lowest BCUT2D eigenvalue weighted by Crippen LogP contribution is -2.43.